The maximum absolute atomic E-state index is 8.05. The Hall–Kier alpha value is 0.487. The number of hydrogen-bond acceptors (Lipinski definition) is 4. The smallest absolute Gasteiger partial charge is 0.368 e. The molecule has 0 saturated heterocycles. The molecule has 0 spiro atoms. The monoisotopic (exact) mass is 158 g/mol. The first-order valence-corrected chi connectivity index (χ1v) is 3.62. The summed E-state index contributed by atoms with van der Waals surface area (Å²) in [6.45, 7) is 1.68. The second-order valence-electron chi connectivity index (χ2n) is 1.01. The third kappa shape index (κ3) is 9.70. The van der Waals surface area contributed by atoms with Gasteiger partial charge in [0, 0.05) is 6.61 Å². The zero-order chi connectivity index (χ0) is 5.91. The second kappa shape index (κ2) is 4.37. The average Bonchev–Trinajstić information content (AvgIpc) is 1.30. The summed E-state index contributed by atoms with van der Waals surface area (Å²) in [6, 6.07) is 0. The van der Waals surface area contributed by atoms with Gasteiger partial charge in [0.15, 0.2) is 0 Å². The predicted octanol–water partition coefficient (Wildman–Crippen LogP) is -1.51. The van der Waals surface area contributed by atoms with Crippen LogP contribution < -0.4 is 0 Å². The van der Waals surface area contributed by atoms with E-state index >= 15 is 0 Å². The fourth-order valence-electron chi connectivity index (χ4n) is 0.194. The highest BCUT2D eigenvalue weighted by Gasteiger charge is 2.28. The van der Waals surface area contributed by atoms with Gasteiger partial charge in [0.05, 0.1) is 0 Å². The van der Waals surface area contributed by atoms with E-state index in [2.05, 4.69) is 4.43 Å². The van der Waals surface area contributed by atoms with E-state index in [0.717, 1.165) is 0 Å². The van der Waals surface area contributed by atoms with Crippen molar-refractivity contribution >= 4 is 18.9 Å². The number of rotatable bonds is 2. The highest BCUT2D eigenvalue weighted by atomic mass is 31.0. The normalized spacial score (nSPS) is 10.5. The van der Waals surface area contributed by atoms with Gasteiger partial charge in [0.25, 0.3) is 0 Å². The molecule has 1 atom stereocenters. The minimum absolute atomic E-state index is 0. The molecule has 0 amide bonds. The van der Waals surface area contributed by atoms with Crippen LogP contribution in [-0.2, 0) is 4.43 Å². The van der Waals surface area contributed by atoms with Gasteiger partial charge in [-0.3, -0.25) is 0 Å². The molecule has 0 radical (unpaired) electrons. The Morgan fingerprint density at radius 1 is 1.38 bits per heavy atom. The molecular weight excluding hydrogens is 147 g/mol. The van der Waals surface area contributed by atoms with Crippen LogP contribution in [0.5, 0.6) is 0 Å². The van der Waals surface area contributed by atoms with Crippen LogP contribution in [0, 0.1) is 0 Å². The molecule has 0 rings (SSSR count). The Kier molecular flexibility index (Phi) is 6.18. The van der Waals surface area contributed by atoms with Crippen LogP contribution in [0.15, 0.2) is 0 Å². The summed E-state index contributed by atoms with van der Waals surface area (Å²) in [4.78, 5) is 24.1. The van der Waals surface area contributed by atoms with Crippen LogP contribution >= 0.6 is 9.90 Å². The van der Waals surface area contributed by atoms with Crippen LogP contribution in [0.2, 0.25) is 0 Å². The SMILES string of the molecule is CCO[Si](O)(O)O.P. The van der Waals surface area contributed by atoms with Crippen molar-refractivity contribution in [2.45, 2.75) is 6.92 Å². The first kappa shape index (κ1) is 11.3. The van der Waals surface area contributed by atoms with Crippen LogP contribution in [0.3, 0.4) is 0 Å². The van der Waals surface area contributed by atoms with Crippen molar-refractivity contribution in [3.63, 3.8) is 0 Å². The van der Waals surface area contributed by atoms with Crippen molar-refractivity contribution in [1.29, 1.82) is 0 Å². The molecule has 0 saturated carbocycles. The molecule has 0 aliphatic carbocycles. The van der Waals surface area contributed by atoms with E-state index in [9.17, 15) is 0 Å². The Labute approximate surface area is 52.2 Å². The lowest BCUT2D eigenvalue weighted by atomic mass is 10.9. The summed E-state index contributed by atoms with van der Waals surface area (Å²) in [5.41, 5.74) is 0. The lowest BCUT2D eigenvalue weighted by Crippen LogP contribution is -2.38. The summed E-state index contributed by atoms with van der Waals surface area (Å²) in [7, 11) is -4.16. The molecule has 52 valence electrons. The molecule has 0 aliphatic rings. The van der Waals surface area contributed by atoms with Gasteiger partial charge in [0.2, 0.25) is 0 Å². The largest absolute Gasteiger partial charge is 0.671 e. The van der Waals surface area contributed by atoms with Gasteiger partial charge in [-0.2, -0.15) is 9.90 Å². The third-order valence-electron chi connectivity index (χ3n) is 0.338. The average molecular weight is 158 g/mol. The molecule has 0 aromatic carbocycles. The van der Waals surface area contributed by atoms with Crippen molar-refractivity contribution in [2.75, 3.05) is 6.61 Å². The predicted molar refractivity (Wildman–Crippen MR) is 35.1 cm³/mol. The third-order valence-corrected chi connectivity index (χ3v) is 1.01. The van der Waals surface area contributed by atoms with Gasteiger partial charge < -0.3 is 18.8 Å². The standard InChI is InChI=1S/C2H8O4Si.H3P/c1-2-6-7(3,4)5;/h3-5H,2H2,1H3;1H3. The summed E-state index contributed by atoms with van der Waals surface area (Å²) in [6.07, 6.45) is 0. The van der Waals surface area contributed by atoms with E-state index in [1.807, 2.05) is 0 Å². The Balaban J connectivity index is 0. The quantitative estimate of drug-likeness (QED) is 0.337. The van der Waals surface area contributed by atoms with Crippen LogP contribution in [0.25, 0.3) is 0 Å². The maximum atomic E-state index is 8.05. The first-order valence-electron chi connectivity index (χ1n) is 1.87. The van der Waals surface area contributed by atoms with E-state index in [1.54, 1.807) is 6.92 Å². The topological polar surface area (TPSA) is 69.9 Å². The van der Waals surface area contributed by atoms with Crippen LogP contribution in [0.1, 0.15) is 6.92 Å². The molecule has 0 heterocycles. The molecule has 0 aromatic heterocycles. The summed E-state index contributed by atoms with van der Waals surface area (Å²) in [5, 5.41) is 0. The fraction of sp³-hybridized carbons (Fsp3) is 1.00. The van der Waals surface area contributed by atoms with E-state index < -0.39 is 9.05 Å². The molecule has 0 bridgehead atoms. The summed E-state index contributed by atoms with van der Waals surface area (Å²) >= 11 is 0. The molecule has 1 unspecified atom stereocenters. The van der Waals surface area contributed by atoms with Crippen molar-refractivity contribution in [2.24, 2.45) is 0 Å². The van der Waals surface area contributed by atoms with Crippen LogP contribution in [0.4, 0.5) is 0 Å². The Bertz CT molecular complexity index is 52.5. The summed E-state index contributed by atoms with van der Waals surface area (Å²) < 4.78 is 4.03. The lowest BCUT2D eigenvalue weighted by Gasteiger charge is -2.05. The van der Waals surface area contributed by atoms with Gasteiger partial charge in [-0.05, 0) is 6.92 Å². The van der Waals surface area contributed by atoms with Gasteiger partial charge in [-0.25, -0.2) is 0 Å². The number of hydrogen-bond donors (Lipinski definition) is 3. The molecule has 8 heavy (non-hydrogen) atoms. The molecule has 3 N–H and O–H groups in total. The fourth-order valence-corrected chi connectivity index (χ4v) is 0.581. The van der Waals surface area contributed by atoms with E-state index in [4.69, 9.17) is 14.4 Å². The summed E-state index contributed by atoms with van der Waals surface area (Å²) in [5.74, 6) is 0. The minimum atomic E-state index is -4.16. The highest BCUT2D eigenvalue weighted by molar-refractivity contribution is 6.92. The van der Waals surface area contributed by atoms with Crippen molar-refractivity contribution < 1.29 is 18.8 Å². The lowest BCUT2D eigenvalue weighted by molar-refractivity contribution is 0.0687. The first-order chi connectivity index (χ1) is 3.06. The van der Waals surface area contributed by atoms with Gasteiger partial charge in [-0.15, -0.1) is 0 Å². The van der Waals surface area contributed by atoms with E-state index in [0.29, 0.717) is 0 Å². The zero-order valence-corrected chi connectivity index (χ0v) is 7.08. The van der Waals surface area contributed by atoms with Gasteiger partial charge in [0.1, 0.15) is 0 Å². The van der Waals surface area contributed by atoms with Crippen molar-refractivity contribution in [3.05, 3.63) is 0 Å². The van der Waals surface area contributed by atoms with Crippen LogP contribution in [-0.4, -0.2) is 30.0 Å². The molecular formula is C2H11O4PSi. The molecule has 6 heteroatoms. The second-order valence-corrected chi connectivity index (χ2v) is 2.44. The van der Waals surface area contributed by atoms with Crippen molar-refractivity contribution in [3.8, 4) is 0 Å². The van der Waals surface area contributed by atoms with E-state index in [1.165, 1.54) is 0 Å². The maximum Gasteiger partial charge on any atom is 0.671 e. The highest BCUT2D eigenvalue weighted by Crippen LogP contribution is 1.85. The molecule has 0 aromatic rings. The zero-order valence-electron chi connectivity index (χ0n) is 4.66. The Morgan fingerprint density at radius 3 is 1.75 bits per heavy atom. The van der Waals surface area contributed by atoms with Crippen molar-refractivity contribution in [1.82, 2.24) is 0 Å². The van der Waals surface area contributed by atoms with Gasteiger partial charge in [-0.1, -0.05) is 0 Å². The molecule has 0 fully saturated rings. The van der Waals surface area contributed by atoms with E-state index in [-0.39, 0.29) is 16.5 Å². The minimum Gasteiger partial charge on any atom is -0.368 e. The van der Waals surface area contributed by atoms with Gasteiger partial charge >= 0.3 is 9.05 Å². The molecule has 4 nitrogen and oxygen atoms in total. The Morgan fingerprint density at radius 2 is 1.75 bits per heavy atom. The molecule has 0 aliphatic heterocycles.